The third-order valence-corrected chi connectivity index (χ3v) is 5.13. The molecule has 0 atom stereocenters. The maximum atomic E-state index is 13.8. The van der Waals surface area contributed by atoms with E-state index in [0.29, 0.717) is 22.9 Å². The van der Waals surface area contributed by atoms with E-state index in [0.717, 1.165) is 23.0 Å². The van der Waals surface area contributed by atoms with E-state index in [1.807, 2.05) is 31.3 Å². The molecule has 0 aliphatic rings. The average molecular weight is 408 g/mol. The number of halogens is 2. The minimum absolute atomic E-state index is 0.0881. The van der Waals surface area contributed by atoms with Crippen LogP contribution in [0.15, 0.2) is 47.6 Å². The number of thioether (sulfide) groups is 1. The van der Waals surface area contributed by atoms with Crippen molar-refractivity contribution in [1.29, 1.82) is 0 Å². The molecule has 1 heterocycles. The maximum absolute atomic E-state index is 13.8. The van der Waals surface area contributed by atoms with Gasteiger partial charge in [-0.3, -0.25) is 0 Å². The van der Waals surface area contributed by atoms with Gasteiger partial charge in [-0.1, -0.05) is 41.6 Å². The lowest BCUT2D eigenvalue weighted by molar-refractivity contribution is 0.299. The Morgan fingerprint density at radius 2 is 2.11 bits per heavy atom. The van der Waals surface area contributed by atoms with Gasteiger partial charge >= 0.3 is 0 Å². The summed E-state index contributed by atoms with van der Waals surface area (Å²) in [5, 5.41) is 15.8. The zero-order chi connectivity index (χ0) is 19.1. The summed E-state index contributed by atoms with van der Waals surface area (Å²) in [5.41, 5.74) is 1.44. The molecule has 0 amide bonds. The highest BCUT2D eigenvalue weighted by Gasteiger charge is 2.08. The molecule has 0 aliphatic carbocycles. The van der Waals surface area contributed by atoms with Crippen molar-refractivity contribution >= 4 is 23.4 Å². The monoisotopic (exact) mass is 407 g/mol. The van der Waals surface area contributed by atoms with Crippen LogP contribution in [0, 0.1) is 5.82 Å². The number of rotatable bonds is 9. The van der Waals surface area contributed by atoms with Crippen LogP contribution in [0.3, 0.4) is 0 Å². The van der Waals surface area contributed by atoms with E-state index in [-0.39, 0.29) is 12.4 Å². The highest BCUT2D eigenvalue weighted by Crippen LogP contribution is 2.22. The predicted molar refractivity (Wildman–Crippen MR) is 103 cm³/mol. The molecular formula is C18H19ClFN5OS. The van der Waals surface area contributed by atoms with Gasteiger partial charge in [-0.05, 0) is 40.3 Å². The molecule has 0 spiro atoms. The first-order valence-corrected chi connectivity index (χ1v) is 9.70. The van der Waals surface area contributed by atoms with Crippen molar-refractivity contribution in [1.82, 2.24) is 25.5 Å². The van der Waals surface area contributed by atoms with Gasteiger partial charge in [0.2, 0.25) is 5.16 Å². The first-order valence-electron chi connectivity index (χ1n) is 8.34. The van der Waals surface area contributed by atoms with Crippen molar-refractivity contribution in [3.05, 3.63) is 64.4 Å². The number of aryl methyl sites for hydroxylation is 1. The number of nitrogens with one attached hydrogen (secondary N) is 1. The summed E-state index contributed by atoms with van der Waals surface area (Å²) in [7, 11) is 1.82. The van der Waals surface area contributed by atoms with E-state index < -0.39 is 0 Å². The number of nitrogens with zero attached hydrogens (tertiary/aromatic N) is 4. The smallest absolute Gasteiger partial charge is 0.209 e. The first-order chi connectivity index (χ1) is 13.1. The van der Waals surface area contributed by atoms with Crippen molar-refractivity contribution in [3.63, 3.8) is 0 Å². The molecule has 0 fully saturated rings. The van der Waals surface area contributed by atoms with Crippen LogP contribution in [0.25, 0.3) is 0 Å². The van der Waals surface area contributed by atoms with Gasteiger partial charge < -0.3 is 10.1 Å². The molecule has 1 aromatic heterocycles. The third kappa shape index (κ3) is 5.66. The summed E-state index contributed by atoms with van der Waals surface area (Å²) in [6.07, 6.45) is 0. The second-order valence-electron chi connectivity index (χ2n) is 5.75. The van der Waals surface area contributed by atoms with Crippen LogP contribution in [-0.4, -0.2) is 32.5 Å². The van der Waals surface area contributed by atoms with Crippen LogP contribution >= 0.6 is 23.4 Å². The highest BCUT2D eigenvalue weighted by atomic mass is 35.5. The SMILES string of the molecule is Cn1nnnc1SCCNCc1cccc(OCc2c(F)cccc2Cl)c1. The number of aromatic nitrogens is 4. The molecule has 1 N–H and O–H groups in total. The highest BCUT2D eigenvalue weighted by molar-refractivity contribution is 7.99. The molecule has 9 heteroatoms. The quantitative estimate of drug-likeness (QED) is 0.433. The lowest BCUT2D eigenvalue weighted by atomic mass is 10.2. The molecule has 6 nitrogen and oxygen atoms in total. The Morgan fingerprint density at radius 1 is 1.26 bits per heavy atom. The minimum Gasteiger partial charge on any atom is -0.489 e. The van der Waals surface area contributed by atoms with Gasteiger partial charge in [0.05, 0.1) is 5.02 Å². The lowest BCUT2D eigenvalue weighted by Crippen LogP contribution is -2.16. The fourth-order valence-corrected chi connectivity index (χ4v) is 3.33. The van der Waals surface area contributed by atoms with Crippen LogP contribution in [0.4, 0.5) is 4.39 Å². The molecule has 2 aromatic carbocycles. The van der Waals surface area contributed by atoms with E-state index in [1.54, 1.807) is 28.6 Å². The van der Waals surface area contributed by atoms with E-state index in [2.05, 4.69) is 20.8 Å². The van der Waals surface area contributed by atoms with Gasteiger partial charge in [0, 0.05) is 31.5 Å². The standard InChI is InChI=1S/C18H19ClFN5OS/c1-25-18(22-23-24-25)27-9-8-21-11-13-4-2-5-14(10-13)26-12-15-16(19)6-3-7-17(15)20/h2-7,10,21H,8-9,11-12H2,1H3. The van der Waals surface area contributed by atoms with Gasteiger partial charge in [-0.15, -0.1) is 5.10 Å². The number of hydrogen-bond acceptors (Lipinski definition) is 6. The van der Waals surface area contributed by atoms with Crippen LogP contribution in [0.5, 0.6) is 5.75 Å². The Bertz CT molecular complexity index is 871. The van der Waals surface area contributed by atoms with E-state index >= 15 is 0 Å². The number of tetrazole rings is 1. The fourth-order valence-electron chi connectivity index (χ4n) is 2.36. The summed E-state index contributed by atoms with van der Waals surface area (Å²) < 4.78 is 21.2. The summed E-state index contributed by atoms with van der Waals surface area (Å²) in [5.74, 6) is 1.17. The summed E-state index contributed by atoms with van der Waals surface area (Å²) >= 11 is 7.62. The molecule has 0 radical (unpaired) electrons. The molecule has 3 aromatic rings. The minimum atomic E-state index is -0.365. The van der Waals surface area contributed by atoms with Crippen molar-refractivity contribution in [2.45, 2.75) is 18.3 Å². The van der Waals surface area contributed by atoms with Crippen LogP contribution in [0.2, 0.25) is 5.02 Å². The van der Waals surface area contributed by atoms with E-state index in [9.17, 15) is 4.39 Å². The van der Waals surface area contributed by atoms with Gasteiger partial charge in [0.1, 0.15) is 18.2 Å². The Hall–Kier alpha value is -2.16. The number of ether oxygens (including phenoxy) is 1. The van der Waals surface area contributed by atoms with Crippen molar-refractivity contribution in [2.75, 3.05) is 12.3 Å². The molecular weight excluding hydrogens is 389 g/mol. The van der Waals surface area contributed by atoms with Crippen LogP contribution < -0.4 is 10.1 Å². The van der Waals surface area contributed by atoms with Gasteiger partial charge in [-0.25, -0.2) is 9.07 Å². The fraction of sp³-hybridized carbons (Fsp3) is 0.278. The molecule has 0 aliphatic heterocycles. The molecule has 27 heavy (non-hydrogen) atoms. The molecule has 0 saturated heterocycles. The van der Waals surface area contributed by atoms with Crippen molar-refractivity contribution in [3.8, 4) is 5.75 Å². The number of benzene rings is 2. The maximum Gasteiger partial charge on any atom is 0.209 e. The second kappa shape index (κ2) is 9.68. The van der Waals surface area contributed by atoms with Gasteiger partial charge in [0.25, 0.3) is 0 Å². The number of hydrogen-bond donors (Lipinski definition) is 1. The molecule has 0 saturated carbocycles. The van der Waals surface area contributed by atoms with Crippen molar-refractivity contribution in [2.24, 2.45) is 7.05 Å². The second-order valence-corrected chi connectivity index (χ2v) is 7.22. The lowest BCUT2D eigenvalue weighted by Gasteiger charge is -2.10. The molecule has 3 rings (SSSR count). The van der Waals surface area contributed by atoms with Crippen LogP contribution in [0.1, 0.15) is 11.1 Å². The Labute approximate surface area is 166 Å². The summed E-state index contributed by atoms with van der Waals surface area (Å²) in [6.45, 7) is 1.60. The largest absolute Gasteiger partial charge is 0.489 e. The van der Waals surface area contributed by atoms with Gasteiger partial charge in [-0.2, -0.15) is 0 Å². The van der Waals surface area contributed by atoms with Crippen molar-refractivity contribution < 1.29 is 9.13 Å². The normalized spacial score (nSPS) is 10.9. The Balaban J connectivity index is 1.45. The van der Waals surface area contributed by atoms with E-state index in [4.69, 9.17) is 16.3 Å². The topological polar surface area (TPSA) is 64.9 Å². The first kappa shape index (κ1) is 19.6. The van der Waals surface area contributed by atoms with E-state index in [1.165, 1.54) is 6.07 Å². The van der Waals surface area contributed by atoms with Gasteiger partial charge in [0.15, 0.2) is 0 Å². The Kier molecular flexibility index (Phi) is 7.03. The van der Waals surface area contributed by atoms with Crippen LogP contribution in [-0.2, 0) is 20.2 Å². The molecule has 0 unspecified atom stereocenters. The third-order valence-electron chi connectivity index (χ3n) is 3.76. The zero-order valence-electron chi connectivity index (χ0n) is 14.7. The molecule has 0 bridgehead atoms. The predicted octanol–water partition coefficient (Wildman–Crippen LogP) is 3.46. The Morgan fingerprint density at radius 3 is 2.89 bits per heavy atom. The average Bonchev–Trinajstić information content (AvgIpc) is 3.06. The summed E-state index contributed by atoms with van der Waals surface area (Å²) in [6, 6.07) is 12.3. The summed E-state index contributed by atoms with van der Waals surface area (Å²) in [4.78, 5) is 0. The zero-order valence-corrected chi connectivity index (χ0v) is 16.3. The molecule has 142 valence electrons.